The molecule has 0 aliphatic carbocycles. The summed E-state index contributed by atoms with van der Waals surface area (Å²) in [5, 5.41) is 2.90. The van der Waals surface area contributed by atoms with Crippen molar-refractivity contribution < 1.29 is 4.79 Å². The molecule has 2 unspecified atom stereocenters. The first kappa shape index (κ1) is 14.0. The molecule has 1 saturated heterocycles. The van der Waals surface area contributed by atoms with E-state index in [4.69, 9.17) is 12.2 Å². The van der Waals surface area contributed by atoms with E-state index in [1.807, 2.05) is 19.1 Å². The summed E-state index contributed by atoms with van der Waals surface area (Å²) in [5.74, 6) is 0.691. The second kappa shape index (κ2) is 5.82. The van der Waals surface area contributed by atoms with Crippen molar-refractivity contribution in [2.24, 2.45) is 0 Å². The molecule has 1 amide bonds. The van der Waals surface area contributed by atoms with Gasteiger partial charge in [-0.05, 0) is 31.3 Å². The number of amides is 1. The maximum atomic E-state index is 11.6. The molecule has 1 aromatic carbocycles. The molecule has 3 N–H and O–H groups in total. The van der Waals surface area contributed by atoms with E-state index in [2.05, 4.69) is 32.9 Å². The molecule has 0 radical (unpaired) electrons. The number of carbonyl (C=O) groups excluding carboxylic acids is 1. The number of nitrogens with zero attached hydrogens (tertiary/aromatic N) is 1. The van der Waals surface area contributed by atoms with E-state index in [9.17, 15) is 4.79 Å². The number of thiazole rings is 1. The lowest BCUT2D eigenvalue weighted by Crippen LogP contribution is -2.63. The molecule has 1 fully saturated rings. The van der Waals surface area contributed by atoms with Gasteiger partial charge in [0, 0.05) is 0 Å². The van der Waals surface area contributed by atoms with E-state index in [1.54, 1.807) is 23.1 Å². The van der Waals surface area contributed by atoms with Crippen LogP contribution < -0.4 is 16.2 Å². The van der Waals surface area contributed by atoms with Gasteiger partial charge in [-0.1, -0.05) is 23.9 Å². The first-order chi connectivity index (χ1) is 9.65. The molecule has 5 nitrogen and oxygen atoms in total. The smallest absolute Gasteiger partial charge is 0.240 e. The van der Waals surface area contributed by atoms with E-state index in [1.165, 1.54) is 4.70 Å². The van der Waals surface area contributed by atoms with Crippen molar-refractivity contribution in [2.45, 2.75) is 24.3 Å². The first-order valence-corrected chi connectivity index (χ1v) is 8.44. The van der Waals surface area contributed by atoms with Crippen molar-refractivity contribution >= 4 is 51.4 Å². The van der Waals surface area contributed by atoms with Gasteiger partial charge in [-0.3, -0.25) is 4.79 Å². The molecular formula is C12H14N4OS3. The fourth-order valence-electron chi connectivity index (χ4n) is 1.93. The summed E-state index contributed by atoms with van der Waals surface area (Å²) in [4.78, 5) is 11.6. The average molecular weight is 326 g/mol. The Hall–Kier alpha value is -0.930. The van der Waals surface area contributed by atoms with E-state index in [0.717, 1.165) is 9.47 Å². The number of nitrogens with one attached hydrogen (secondary N) is 3. The highest BCUT2D eigenvalue weighted by molar-refractivity contribution is 7.98. The van der Waals surface area contributed by atoms with Gasteiger partial charge in [0.05, 0.1) is 22.1 Å². The van der Waals surface area contributed by atoms with Gasteiger partial charge in [0.1, 0.15) is 5.50 Å². The van der Waals surface area contributed by atoms with Gasteiger partial charge in [0.2, 0.25) is 5.91 Å². The van der Waals surface area contributed by atoms with Gasteiger partial charge in [0.15, 0.2) is 3.95 Å². The predicted molar refractivity (Wildman–Crippen MR) is 85.9 cm³/mol. The lowest BCUT2D eigenvalue weighted by atomic mass is 10.3. The average Bonchev–Trinajstić information content (AvgIpc) is 2.76. The number of thioether (sulfide) groups is 1. The summed E-state index contributed by atoms with van der Waals surface area (Å²) in [7, 11) is 0. The number of rotatable bonds is 3. The van der Waals surface area contributed by atoms with Crippen LogP contribution in [-0.2, 0) is 10.7 Å². The van der Waals surface area contributed by atoms with Crippen LogP contribution in [0.2, 0.25) is 0 Å². The van der Waals surface area contributed by atoms with Crippen molar-refractivity contribution in [3.8, 4) is 0 Å². The van der Waals surface area contributed by atoms with Gasteiger partial charge in [-0.25, -0.2) is 10.9 Å². The summed E-state index contributed by atoms with van der Waals surface area (Å²) in [5.41, 5.74) is 7.00. The number of hydrogen-bond donors (Lipinski definition) is 3. The van der Waals surface area contributed by atoms with Crippen molar-refractivity contribution in [3.63, 3.8) is 0 Å². The van der Waals surface area contributed by atoms with Crippen LogP contribution in [0.25, 0.3) is 10.2 Å². The Labute approximate surface area is 129 Å². The van der Waals surface area contributed by atoms with Crippen LogP contribution in [0.1, 0.15) is 6.92 Å². The van der Waals surface area contributed by atoms with Crippen molar-refractivity contribution in [2.75, 3.05) is 0 Å². The fourth-order valence-corrected chi connectivity index (χ4v) is 4.33. The Balaban J connectivity index is 1.73. The molecule has 2 atom stereocenters. The third-order valence-corrected chi connectivity index (χ3v) is 5.45. The topological polar surface area (TPSA) is 58.1 Å². The summed E-state index contributed by atoms with van der Waals surface area (Å²) >= 11 is 8.60. The minimum Gasteiger partial charge on any atom is -0.329 e. The van der Waals surface area contributed by atoms with Gasteiger partial charge < -0.3 is 9.88 Å². The molecule has 3 rings (SSSR count). The first-order valence-electron chi connectivity index (χ1n) is 6.16. The molecule has 1 aliphatic heterocycles. The highest BCUT2D eigenvalue weighted by Crippen LogP contribution is 2.25. The van der Waals surface area contributed by atoms with Gasteiger partial charge in [-0.15, -0.1) is 11.3 Å². The minimum absolute atomic E-state index is 0.0000219. The number of hydrazine groups is 1. The van der Waals surface area contributed by atoms with Gasteiger partial charge >= 0.3 is 0 Å². The minimum atomic E-state index is -0.212. The zero-order valence-corrected chi connectivity index (χ0v) is 13.2. The predicted octanol–water partition coefficient (Wildman–Crippen LogP) is 2.02. The molecule has 106 valence electrons. The van der Waals surface area contributed by atoms with Crippen LogP contribution in [0.4, 0.5) is 0 Å². The molecule has 2 heterocycles. The van der Waals surface area contributed by atoms with Crippen molar-refractivity contribution in [1.29, 1.82) is 0 Å². The number of benzene rings is 1. The van der Waals surface area contributed by atoms with Crippen LogP contribution in [0.5, 0.6) is 0 Å². The number of fused-ring (bicyclic) bond motifs is 1. The Morgan fingerprint density at radius 2 is 2.20 bits per heavy atom. The van der Waals surface area contributed by atoms with Crippen LogP contribution in [0.15, 0.2) is 24.3 Å². The van der Waals surface area contributed by atoms with E-state index >= 15 is 0 Å². The van der Waals surface area contributed by atoms with Crippen LogP contribution >= 0.6 is 35.3 Å². The highest BCUT2D eigenvalue weighted by Gasteiger charge is 2.23. The van der Waals surface area contributed by atoms with Crippen molar-refractivity contribution in [3.05, 3.63) is 28.2 Å². The van der Waals surface area contributed by atoms with E-state index < -0.39 is 0 Å². The summed E-state index contributed by atoms with van der Waals surface area (Å²) in [6, 6.07) is 7.95. The Morgan fingerprint density at radius 1 is 1.40 bits per heavy atom. The molecule has 8 heteroatoms. The fraction of sp³-hybridized carbons (Fsp3) is 0.333. The lowest BCUT2D eigenvalue weighted by molar-refractivity contribution is -0.125. The van der Waals surface area contributed by atoms with Gasteiger partial charge in [0.25, 0.3) is 0 Å². The summed E-state index contributed by atoms with van der Waals surface area (Å²) in [6.45, 7) is 1.81. The largest absolute Gasteiger partial charge is 0.329 e. The lowest BCUT2D eigenvalue weighted by Gasteiger charge is -2.29. The SMILES string of the molecule is CC1NNC(SCn2c(=S)sc3ccccc32)NC1=O. The normalized spacial score (nSPS) is 22.9. The standard InChI is InChI=1S/C12H14N4OS3/c1-7-10(17)13-11(15-14-7)19-6-16-8-4-2-3-5-9(8)20-12(16)18/h2-5,7,11,14-15H,6H2,1H3,(H,13,17). The Morgan fingerprint density at radius 3 is 3.00 bits per heavy atom. The highest BCUT2D eigenvalue weighted by atomic mass is 32.2. The van der Waals surface area contributed by atoms with Crippen LogP contribution in [0, 0.1) is 3.95 Å². The second-order valence-electron chi connectivity index (χ2n) is 4.46. The third kappa shape index (κ3) is 2.75. The monoisotopic (exact) mass is 326 g/mol. The number of para-hydroxylation sites is 1. The second-order valence-corrected chi connectivity index (χ2v) is 7.20. The molecule has 1 aliphatic rings. The zero-order valence-electron chi connectivity index (χ0n) is 10.8. The number of carbonyl (C=O) groups is 1. The van der Waals surface area contributed by atoms with Crippen LogP contribution in [0.3, 0.4) is 0 Å². The van der Waals surface area contributed by atoms with E-state index in [0.29, 0.717) is 5.88 Å². The molecule has 0 spiro atoms. The Kier molecular flexibility index (Phi) is 4.08. The number of aromatic nitrogens is 1. The third-order valence-electron chi connectivity index (χ3n) is 3.04. The molecule has 1 aromatic heterocycles. The van der Waals surface area contributed by atoms with Crippen LogP contribution in [-0.4, -0.2) is 22.0 Å². The molecule has 20 heavy (non-hydrogen) atoms. The van der Waals surface area contributed by atoms with Crippen molar-refractivity contribution in [1.82, 2.24) is 20.7 Å². The molecule has 0 bridgehead atoms. The molecule has 0 saturated carbocycles. The Bertz CT molecular complexity index is 695. The maximum Gasteiger partial charge on any atom is 0.240 e. The molecular weight excluding hydrogens is 312 g/mol. The summed E-state index contributed by atoms with van der Waals surface area (Å²) in [6.07, 6.45) is 0. The quantitative estimate of drug-likeness (QED) is 0.754. The summed E-state index contributed by atoms with van der Waals surface area (Å²) < 4.78 is 4.12. The zero-order chi connectivity index (χ0) is 14.1. The van der Waals surface area contributed by atoms with Gasteiger partial charge in [-0.2, -0.15) is 0 Å². The maximum absolute atomic E-state index is 11.6. The number of hydrogen-bond acceptors (Lipinski definition) is 6. The van der Waals surface area contributed by atoms with E-state index in [-0.39, 0.29) is 17.4 Å². The molecule has 2 aromatic rings.